The third-order valence-corrected chi connectivity index (χ3v) is 12.9. The van der Waals surface area contributed by atoms with E-state index in [4.69, 9.17) is 28.4 Å². The topological polar surface area (TPSA) is 181 Å². The lowest BCUT2D eigenvalue weighted by Crippen LogP contribution is -2.33. The molecule has 1 amide bonds. The molecular weight excluding hydrogens is 929 g/mol. The van der Waals surface area contributed by atoms with Gasteiger partial charge in [-0.25, -0.2) is 0 Å². The van der Waals surface area contributed by atoms with Crippen LogP contribution in [0, 0.1) is 0 Å². The molecular formula is C55H100N2O13S. The minimum atomic E-state index is -0.979. The van der Waals surface area contributed by atoms with E-state index in [9.17, 15) is 33.6 Å². The van der Waals surface area contributed by atoms with Gasteiger partial charge in [0.1, 0.15) is 26.4 Å². The van der Waals surface area contributed by atoms with Crippen molar-refractivity contribution in [3.63, 3.8) is 0 Å². The van der Waals surface area contributed by atoms with Crippen molar-refractivity contribution in [1.29, 1.82) is 0 Å². The highest BCUT2D eigenvalue weighted by Crippen LogP contribution is 2.16. The van der Waals surface area contributed by atoms with Gasteiger partial charge in [-0.2, -0.15) is 0 Å². The number of amides is 1. The zero-order valence-corrected chi connectivity index (χ0v) is 46.4. The SMILES string of the molecule is CCCCCCCCC(=O)OCC(COC(=O)CCCCCCC)OC(=O)CCCN(CCCC(=O)OC(COC(=O)CCCCCCCC)COC(=O)CCCCCCCC)C(=O)SCCCN(C)C. The molecule has 0 heterocycles. The van der Waals surface area contributed by atoms with Crippen molar-refractivity contribution >= 4 is 52.8 Å². The first-order valence-corrected chi connectivity index (χ1v) is 28.9. The number of carbonyl (C=O) groups is 7. The summed E-state index contributed by atoms with van der Waals surface area (Å²) < 4.78 is 33.3. The molecule has 71 heavy (non-hydrogen) atoms. The van der Waals surface area contributed by atoms with Crippen LogP contribution in [0.5, 0.6) is 0 Å². The molecule has 0 rings (SSSR count). The molecule has 0 aliphatic heterocycles. The average molecular weight is 1030 g/mol. The van der Waals surface area contributed by atoms with Gasteiger partial charge in [-0.3, -0.25) is 33.6 Å². The van der Waals surface area contributed by atoms with Crippen LogP contribution in [0.3, 0.4) is 0 Å². The molecule has 0 aliphatic carbocycles. The fourth-order valence-corrected chi connectivity index (χ4v) is 8.34. The Bertz CT molecular complexity index is 1350. The summed E-state index contributed by atoms with van der Waals surface area (Å²) in [4.78, 5) is 93.8. The highest BCUT2D eigenvalue weighted by Gasteiger charge is 2.23. The van der Waals surface area contributed by atoms with E-state index < -0.39 is 48.0 Å². The normalized spacial score (nSPS) is 11.6. The van der Waals surface area contributed by atoms with Gasteiger partial charge in [0.15, 0.2) is 12.2 Å². The molecule has 1 atom stereocenters. The Labute approximate surface area is 434 Å². The summed E-state index contributed by atoms with van der Waals surface area (Å²) in [6, 6.07) is 0. The van der Waals surface area contributed by atoms with E-state index in [1.807, 2.05) is 19.0 Å². The summed E-state index contributed by atoms with van der Waals surface area (Å²) >= 11 is 1.18. The lowest BCUT2D eigenvalue weighted by Gasteiger charge is -2.23. The maximum Gasteiger partial charge on any atom is 0.306 e. The number of esters is 6. The molecule has 0 radical (unpaired) electrons. The smallest absolute Gasteiger partial charge is 0.306 e. The first-order chi connectivity index (χ1) is 34.3. The zero-order chi connectivity index (χ0) is 52.6. The Balaban J connectivity index is 5.55. The predicted molar refractivity (Wildman–Crippen MR) is 282 cm³/mol. The van der Waals surface area contributed by atoms with Crippen molar-refractivity contribution in [1.82, 2.24) is 9.80 Å². The van der Waals surface area contributed by atoms with Gasteiger partial charge in [0, 0.05) is 57.4 Å². The number of thioether (sulfide) groups is 1. The molecule has 0 bridgehead atoms. The quantitative estimate of drug-likeness (QED) is 0.0319. The number of carbonyl (C=O) groups excluding carboxylic acids is 7. The molecule has 0 aromatic rings. The van der Waals surface area contributed by atoms with Gasteiger partial charge in [0.25, 0.3) is 5.24 Å². The van der Waals surface area contributed by atoms with E-state index in [0.717, 1.165) is 116 Å². The number of hydrogen-bond donors (Lipinski definition) is 0. The van der Waals surface area contributed by atoms with Crippen LogP contribution in [0.1, 0.15) is 233 Å². The lowest BCUT2D eigenvalue weighted by atomic mass is 10.1. The van der Waals surface area contributed by atoms with Gasteiger partial charge in [0.05, 0.1) is 0 Å². The van der Waals surface area contributed by atoms with Crippen LogP contribution in [0.15, 0.2) is 0 Å². The molecule has 0 spiro atoms. The summed E-state index contributed by atoms with van der Waals surface area (Å²) in [5.74, 6) is -2.17. The highest BCUT2D eigenvalue weighted by molar-refractivity contribution is 8.13. The minimum absolute atomic E-state index is 0.0538. The first-order valence-electron chi connectivity index (χ1n) is 27.9. The average Bonchev–Trinajstić information content (AvgIpc) is 3.34. The van der Waals surface area contributed by atoms with E-state index in [1.165, 1.54) is 31.0 Å². The largest absolute Gasteiger partial charge is 0.462 e. The second-order valence-electron chi connectivity index (χ2n) is 19.1. The summed E-state index contributed by atoms with van der Waals surface area (Å²) in [7, 11) is 3.93. The van der Waals surface area contributed by atoms with E-state index in [2.05, 4.69) is 27.7 Å². The van der Waals surface area contributed by atoms with Crippen molar-refractivity contribution in [3.8, 4) is 0 Å². The molecule has 0 aromatic heterocycles. The lowest BCUT2D eigenvalue weighted by molar-refractivity contribution is -0.167. The summed E-state index contributed by atoms with van der Waals surface area (Å²) in [5.41, 5.74) is 0. The van der Waals surface area contributed by atoms with E-state index >= 15 is 0 Å². The number of ether oxygens (including phenoxy) is 6. The van der Waals surface area contributed by atoms with Crippen molar-refractivity contribution < 1.29 is 62.0 Å². The minimum Gasteiger partial charge on any atom is -0.462 e. The van der Waals surface area contributed by atoms with Gasteiger partial charge in [-0.1, -0.05) is 161 Å². The Hall–Kier alpha value is -3.40. The third kappa shape index (κ3) is 45.0. The maximum absolute atomic E-state index is 13.5. The number of hydrogen-bond acceptors (Lipinski definition) is 15. The Morgan fingerprint density at radius 3 is 0.930 bits per heavy atom. The molecule has 0 aromatic carbocycles. The van der Waals surface area contributed by atoms with Gasteiger partial charge >= 0.3 is 35.8 Å². The molecule has 0 saturated carbocycles. The van der Waals surface area contributed by atoms with Gasteiger partial charge in [-0.05, 0) is 65.6 Å². The van der Waals surface area contributed by atoms with Gasteiger partial charge in [0.2, 0.25) is 0 Å². The van der Waals surface area contributed by atoms with Gasteiger partial charge < -0.3 is 38.2 Å². The van der Waals surface area contributed by atoms with Crippen LogP contribution in [0.25, 0.3) is 0 Å². The molecule has 15 nitrogen and oxygen atoms in total. The van der Waals surface area contributed by atoms with Crippen molar-refractivity contribution in [2.45, 2.75) is 245 Å². The Kier molecular flexibility index (Phi) is 46.5. The highest BCUT2D eigenvalue weighted by atomic mass is 32.2. The molecule has 0 N–H and O–H groups in total. The van der Waals surface area contributed by atoms with Gasteiger partial charge in [-0.15, -0.1) is 0 Å². The molecule has 414 valence electrons. The fraction of sp³-hybridized carbons (Fsp3) is 0.873. The third-order valence-electron chi connectivity index (χ3n) is 11.9. The second-order valence-corrected chi connectivity index (χ2v) is 20.2. The zero-order valence-electron chi connectivity index (χ0n) is 45.5. The van der Waals surface area contributed by atoms with E-state index in [1.54, 1.807) is 4.90 Å². The molecule has 1 unspecified atom stereocenters. The molecule has 16 heteroatoms. The summed E-state index contributed by atoms with van der Waals surface area (Å²) in [5, 5.41) is -0.185. The van der Waals surface area contributed by atoms with Crippen molar-refractivity contribution in [3.05, 3.63) is 0 Å². The molecule has 0 fully saturated rings. The van der Waals surface area contributed by atoms with E-state index in [-0.39, 0.29) is 96.1 Å². The monoisotopic (exact) mass is 1030 g/mol. The number of unbranched alkanes of at least 4 members (excludes halogenated alkanes) is 19. The summed E-state index contributed by atoms with van der Waals surface area (Å²) in [6.45, 7) is 8.86. The van der Waals surface area contributed by atoms with Crippen LogP contribution >= 0.6 is 11.8 Å². The van der Waals surface area contributed by atoms with Crippen LogP contribution < -0.4 is 0 Å². The van der Waals surface area contributed by atoms with Crippen molar-refractivity contribution in [2.75, 3.05) is 65.9 Å². The molecule has 0 saturated heterocycles. The fourth-order valence-electron chi connectivity index (χ4n) is 7.53. The first kappa shape index (κ1) is 67.6. The second kappa shape index (κ2) is 48.8. The van der Waals surface area contributed by atoms with E-state index in [0.29, 0.717) is 31.4 Å². The maximum atomic E-state index is 13.5. The predicted octanol–water partition coefficient (Wildman–Crippen LogP) is 12.3. The van der Waals surface area contributed by atoms with Crippen LogP contribution in [-0.4, -0.2) is 129 Å². The molecule has 0 aliphatic rings. The Morgan fingerprint density at radius 2 is 0.634 bits per heavy atom. The standard InChI is InChI=1S/C55H100N2O13S/c1-7-11-15-19-23-27-34-50(59)66-44-47(43-65-49(58)33-26-22-18-14-10-4)69-53(62)37-30-40-57(55(64)71-42-32-39-56(5)6)41-31-38-54(63)70-48(45-67-51(60)35-28-24-20-16-12-8-2)46-68-52(61)36-29-25-21-17-13-9-3/h47-48H,7-46H2,1-6H3. The van der Waals surface area contributed by atoms with Crippen LogP contribution in [-0.2, 0) is 57.2 Å². The number of nitrogens with zero attached hydrogens (tertiary/aromatic N) is 2. The summed E-state index contributed by atoms with van der Waals surface area (Å²) in [6.07, 6.45) is 23.5. The van der Waals surface area contributed by atoms with Crippen molar-refractivity contribution in [2.24, 2.45) is 0 Å². The number of rotatable bonds is 49. The van der Waals surface area contributed by atoms with Crippen LogP contribution in [0.4, 0.5) is 4.79 Å². The van der Waals surface area contributed by atoms with Crippen LogP contribution in [0.2, 0.25) is 0 Å². The Morgan fingerprint density at radius 1 is 0.352 bits per heavy atom.